The fourth-order valence-corrected chi connectivity index (χ4v) is 3.73. The summed E-state index contributed by atoms with van der Waals surface area (Å²) in [7, 11) is 3.24. The van der Waals surface area contributed by atoms with Crippen molar-refractivity contribution in [2.24, 2.45) is 12.0 Å². The predicted molar refractivity (Wildman–Crippen MR) is 97.9 cm³/mol. The maximum Gasteiger partial charge on any atom is 0.337 e. The minimum absolute atomic E-state index is 0.340. The van der Waals surface area contributed by atoms with E-state index in [4.69, 9.17) is 0 Å². The van der Waals surface area contributed by atoms with Gasteiger partial charge in [0.2, 0.25) is 0 Å². The number of thiazole rings is 1. The van der Waals surface area contributed by atoms with E-state index in [1.54, 1.807) is 24.3 Å². The molecule has 0 saturated carbocycles. The number of carbonyl (C=O) groups is 2. The van der Waals surface area contributed by atoms with Gasteiger partial charge in [-0.3, -0.25) is 4.79 Å². The van der Waals surface area contributed by atoms with E-state index >= 15 is 0 Å². The fourth-order valence-electron chi connectivity index (χ4n) is 2.65. The molecule has 0 unspecified atom stereocenters. The molecule has 1 aromatic heterocycles. The van der Waals surface area contributed by atoms with Crippen LogP contribution in [0.1, 0.15) is 31.8 Å². The van der Waals surface area contributed by atoms with Crippen molar-refractivity contribution in [3.63, 3.8) is 0 Å². The number of esters is 1. The second-order valence-corrected chi connectivity index (χ2v) is 6.79. The summed E-state index contributed by atoms with van der Waals surface area (Å²) in [6, 6.07) is 10.4. The topological polar surface area (TPSA) is 60.7 Å². The van der Waals surface area contributed by atoms with Crippen LogP contribution < -0.4 is 4.80 Å². The van der Waals surface area contributed by atoms with Crippen LogP contribution in [0, 0.1) is 13.8 Å². The zero-order valence-electron chi connectivity index (χ0n) is 14.5. The van der Waals surface area contributed by atoms with Crippen molar-refractivity contribution >= 4 is 33.4 Å². The van der Waals surface area contributed by atoms with Crippen molar-refractivity contribution in [3.05, 3.63) is 63.5 Å². The first-order valence-electron chi connectivity index (χ1n) is 7.75. The molecule has 128 valence electrons. The molecule has 5 nitrogen and oxygen atoms in total. The molecule has 0 fully saturated rings. The van der Waals surface area contributed by atoms with E-state index < -0.39 is 5.97 Å². The molecule has 0 bridgehead atoms. The Labute approximate surface area is 149 Å². The molecule has 0 radical (unpaired) electrons. The maximum absolute atomic E-state index is 12.5. The largest absolute Gasteiger partial charge is 0.465 e. The highest BCUT2D eigenvalue weighted by Gasteiger charge is 2.11. The Morgan fingerprint density at radius 2 is 1.68 bits per heavy atom. The molecule has 0 aliphatic rings. The molecule has 1 amide bonds. The highest BCUT2D eigenvalue weighted by molar-refractivity contribution is 7.16. The zero-order valence-corrected chi connectivity index (χ0v) is 15.3. The number of aromatic nitrogens is 1. The summed E-state index contributed by atoms with van der Waals surface area (Å²) in [4.78, 5) is 28.8. The van der Waals surface area contributed by atoms with Gasteiger partial charge in [-0.05, 0) is 55.3 Å². The molecule has 0 aliphatic carbocycles. The molecule has 2 aromatic carbocycles. The Morgan fingerprint density at radius 1 is 1.04 bits per heavy atom. The first-order valence-corrected chi connectivity index (χ1v) is 8.57. The molecule has 0 N–H and O–H groups in total. The highest BCUT2D eigenvalue weighted by atomic mass is 32.1. The summed E-state index contributed by atoms with van der Waals surface area (Å²) in [6.07, 6.45) is 0. The average Bonchev–Trinajstić information content (AvgIpc) is 2.94. The molecule has 0 atom stereocenters. The Bertz CT molecular complexity index is 1040. The molecule has 0 spiro atoms. The van der Waals surface area contributed by atoms with Crippen LogP contribution in [0.2, 0.25) is 0 Å². The summed E-state index contributed by atoms with van der Waals surface area (Å²) in [5.74, 6) is -0.773. The monoisotopic (exact) mass is 354 g/mol. The van der Waals surface area contributed by atoms with Gasteiger partial charge in [0.05, 0.1) is 22.9 Å². The van der Waals surface area contributed by atoms with E-state index in [0.29, 0.717) is 15.9 Å². The van der Waals surface area contributed by atoms with Crippen molar-refractivity contribution in [3.8, 4) is 0 Å². The number of ether oxygens (including phenoxy) is 1. The lowest BCUT2D eigenvalue weighted by molar-refractivity contribution is 0.0600. The number of carbonyl (C=O) groups excluding carboxylic acids is 2. The summed E-state index contributed by atoms with van der Waals surface area (Å²) in [5, 5.41) is 0. The van der Waals surface area contributed by atoms with Gasteiger partial charge in [-0.25, -0.2) is 4.79 Å². The van der Waals surface area contributed by atoms with Crippen molar-refractivity contribution in [2.75, 3.05) is 7.11 Å². The van der Waals surface area contributed by atoms with Crippen LogP contribution >= 0.6 is 11.3 Å². The van der Waals surface area contributed by atoms with Gasteiger partial charge < -0.3 is 9.30 Å². The molecule has 3 aromatic rings. The second kappa shape index (κ2) is 6.64. The summed E-state index contributed by atoms with van der Waals surface area (Å²) < 4.78 is 7.70. The van der Waals surface area contributed by atoms with E-state index in [0.717, 1.165) is 10.2 Å². The third-order valence-electron chi connectivity index (χ3n) is 4.24. The van der Waals surface area contributed by atoms with E-state index in [1.807, 2.05) is 11.6 Å². The highest BCUT2D eigenvalue weighted by Crippen LogP contribution is 2.23. The second-order valence-electron chi connectivity index (χ2n) is 5.78. The quantitative estimate of drug-likeness (QED) is 0.663. The van der Waals surface area contributed by atoms with Gasteiger partial charge in [0, 0.05) is 12.6 Å². The Morgan fingerprint density at radius 3 is 2.32 bits per heavy atom. The van der Waals surface area contributed by atoms with Gasteiger partial charge in [0.15, 0.2) is 4.80 Å². The summed E-state index contributed by atoms with van der Waals surface area (Å²) in [6.45, 7) is 4.14. The van der Waals surface area contributed by atoms with Gasteiger partial charge >= 0.3 is 5.97 Å². The lowest BCUT2D eigenvalue weighted by Crippen LogP contribution is -2.14. The number of nitrogens with zero attached hydrogens (tertiary/aromatic N) is 2. The zero-order chi connectivity index (χ0) is 18.1. The minimum Gasteiger partial charge on any atom is -0.465 e. The average molecular weight is 354 g/mol. The van der Waals surface area contributed by atoms with Crippen molar-refractivity contribution in [2.45, 2.75) is 13.8 Å². The van der Waals surface area contributed by atoms with E-state index in [2.05, 4.69) is 35.7 Å². The maximum atomic E-state index is 12.5. The van der Waals surface area contributed by atoms with E-state index in [-0.39, 0.29) is 5.91 Å². The Kier molecular flexibility index (Phi) is 4.55. The summed E-state index contributed by atoms with van der Waals surface area (Å²) in [5.41, 5.74) is 4.32. The summed E-state index contributed by atoms with van der Waals surface area (Å²) >= 11 is 1.48. The Balaban J connectivity index is 2.02. The van der Waals surface area contributed by atoms with Gasteiger partial charge in [0.1, 0.15) is 0 Å². The Hall–Kier alpha value is -2.73. The van der Waals surface area contributed by atoms with Crippen molar-refractivity contribution < 1.29 is 14.3 Å². The fraction of sp³-hybridized carbons (Fsp3) is 0.211. The van der Waals surface area contributed by atoms with Crippen LogP contribution in [0.15, 0.2) is 41.4 Å². The molecular formula is C19H18N2O3S. The normalized spacial score (nSPS) is 11.8. The number of rotatable bonds is 2. The van der Waals surface area contributed by atoms with Gasteiger partial charge in [-0.2, -0.15) is 4.99 Å². The van der Waals surface area contributed by atoms with Crippen molar-refractivity contribution in [1.29, 1.82) is 0 Å². The van der Waals surface area contributed by atoms with Crippen LogP contribution in [0.25, 0.3) is 10.2 Å². The van der Waals surface area contributed by atoms with Crippen molar-refractivity contribution in [1.82, 2.24) is 4.57 Å². The third-order valence-corrected chi connectivity index (χ3v) is 5.34. The van der Waals surface area contributed by atoms with Crippen LogP contribution in [-0.2, 0) is 11.8 Å². The number of aryl methyl sites for hydroxylation is 3. The van der Waals surface area contributed by atoms with Crippen LogP contribution in [0.3, 0.4) is 0 Å². The lowest BCUT2D eigenvalue weighted by atomic mass is 10.1. The van der Waals surface area contributed by atoms with E-state index in [9.17, 15) is 9.59 Å². The van der Waals surface area contributed by atoms with Gasteiger partial charge in [-0.1, -0.05) is 17.4 Å². The third kappa shape index (κ3) is 3.13. The number of hydrogen-bond acceptors (Lipinski definition) is 4. The molecule has 6 heteroatoms. The molecule has 1 heterocycles. The smallest absolute Gasteiger partial charge is 0.337 e. The molecule has 0 aliphatic heterocycles. The number of benzene rings is 2. The van der Waals surface area contributed by atoms with Gasteiger partial charge in [-0.15, -0.1) is 0 Å². The number of fused-ring (bicyclic) bond motifs is 1. The van der Waals surface area contributed by atoms with Crippen LogP contribution in [0.5, 0.6) is 0 Å². The first kappa shape index (κ1) is 17.1. The number of hydrogen-bond donors (Lipinski definition) is 0. The molecule has 3 rings (SSSR count). The standard InChI is InChI=1S/C19H18N2O3S/c1-11-5-10-15-16(12(11)2)21(3)19(25-15)20-17(22)13-6-8-14(9-7-13)18(23)24-4/h5-10H,1-4H3. The predicted octanol–water partition coefficient (Wildman–Crippen LogP) is 3.38. The van der Waals surface area contributed by atoms with E-state index in [1.165, 1.54) is 29.6 Å². The molecule has 25 heavy (non-hydrogen) atoms. The first-order chi connectivity index (χ1) is 11.9. The van der Waals surface area contributed by atoms with Gasteiger partial charge in [0.25, 0.3) is 5.91 Å². The van der Waals surface area contributed by atoms with Crippen LogP contribution in [0.4, 0.5) is 0 Å². The molecule has 0 saturated heterocycles. The minimum atomic E-state index is -0.433. The number of methoxy groups -OCH3 is 1. The molecular weight excluding hydrogens is 336 g/mol. The SMILES string of the molecule is COC(=O)c1ccc(C(=O)N=c2sc3ccc(C)c(C)c3n2C)cc1. The van der Waals surface area contributed by atoms with Crippen LogP contribution in [-0.4, -0.2) is 23.6 Å². The lowest BCUT2D eigenvalue weighted by Gasteiger charge is -2.03. The number of amides is 1.